The van der Waals surface area contributed by atoms with E-state index in [2.05, 4.69) is 11.7 Å². The first-order valence-electron chi connectivity index (χ1n) is 10.5. The number of carbonyl (C=O) groups is 2. The number of ketones is 1. The van der Waals surface area contributed by atoms with Gasteiger partial charge < -0.3 is 14.3 Å². The summed E-state index contributed by atoms with van der Waals surface area (Å²) in [6.07, 6.45) is 3.18. The standard InChI is InChI=1S/C24H31NO5/c1-5-16-30-25-19(6-2)21-20(29-17-18-12-10-9-11-13-18)14-15-24(7-3,22(21)26)23(27)28-8-4/h5,9-13H,1,6-8,14-17H2,2-4H3/b25-19-. The Morgan fingerprint density at radius 3 is 2.57 bits per heavy atom. The number of oxime groups is 1. The third kappa shape index (κ3) is 5.17. The summed E-state index contributed by atoms with van der Waals surface area (Å²) in [5.41, 5.74) is 0.567. The second-order valence-electron chi connectivity index (χ2n) is 7.03. The average Bonchev–Trinajstić information content (AvgIpc) is 2.77. The minimum atomic E-state index is -1.22. The van der Waals surface area contributed by atoms with Crippen LogP contribution in [0.15, 0.2) is 59.5 Å². The molecule has 0 amide bonds. The lowest BCUT2D eigenvalue weighted by Crippen LogP contribution is -2.45. The minimum absolute atomic E-state index is 0.224. The van der Waals surface area contributed by atoms with Crippen LogP contribution in [-0.2, 0) is 30.5 Å². The van der Waals surface area contributed by atoms with Crippen molar-refractivity contribution >= 4 is 17.5 Å². The van der Waals surface area contributed by atoms with Crippen LogP contribution in [0, 0.1) is 5.41 Å². The van der Waals surface area contributed by atoms with E-state index in [1.807, 2.05) is 44.2 Å². The van der Waals surface area contributed by atoms with Gasteiger partial charge in [0, 0.05) is 6.42 Å². The summed E-state index contributed by atoms with van der Waals surface area (Å²) in [6.45, 7) is 9.84. The quantitative estimate of drug-likeness (QED) is 0.131. The van der Waals surface area contributed by atoms with Crippen LogP contribution >= 0.6 is 0 Å². The zero-order valence-corrected chi connectivity index (χ0v) is 18.1. The molecule has 1 aromatic carbocycles. The molecule has 0 fully saturated rings. The number of ether oxygens (including phenoxy) is 2. The minimum Gasteiger partial charge on any atom is -0.492 e. The molecule has 0 saturated carbocycles. The molecule has 1 aliphatic rings. The first-order valence-corrected chi connectivity index (χ1v) is 10.5. The molecule has 1 atom stereocenters. The Morgan fingerprint density at radius 2 is 1.97 bits per heavy atom. The van der Waals surface area contributed by atoms with Crippen molar-refractivity contribution < 1.29 is 23.9 Å². The van der Waals surface area contributed by atoms with E-state index in [0.29, 0.717) is 49.3 Å². The average molecular weight is 414 g/mol. The lowest BCUT2D eigenvalue weighted by molar-refractivity contribution is -0.160. The molecular weight excluding hydrogens is 382 g/mol. The predicted octanol–water partition coefficient (Wildman–Crippen LogP) is 4.75. The zero-order valence-electron chi connectivity index (χ0n) is 18.1. The molecule has 0 aromatic heterocycles. The maximum atomic E-state index is 13.7. The Bertz CT molecular complexity index is 812. The summed E-state index contributed by atoms with van der Waals surface area (Å²) >= 11 is 0. The van der Waals surface area contributed by atoms with E-state index in [-0.39, 0.29) is 19.0 Å². The number of benzene rings is 1. The molecule has 0 radical (unpaired) electrons. The Hall–Kier alpha value is -2.89. The Morgan fingerprint density at radius 1 is 1.23 bits per heavy atom. The van der Waals surface area contributed by atoms with Gasteiger partial charge in [-0.2, -0.15) is 0 Å². The maximum Gasteiger partial charge on any atom is 0.320 e. The highest BCUT2D eigenvalue weighted by atomic mass is 16.6. The van der Waals surface area contributed by atoms with Crippen molar-refractivity contribution in [2.24, 2.45) is 10.6 Å². The normalized spacial score (nSPS) is 19.4. The predicted molar refractivity (Wildman–Crippen MR) is 116 cm³/mol. The number of hydrogen-bond donors (Lipinski definition) is 0. The van der Waals surface area contributed by atoms with Crippen molar-refractivity contribution in [2.45, 2.75) is 53.1 Å². The lowest BCUT2D eigenvalue weighted by atomic mass is 9.69. The fourth-order valence-electron chi connectivity index (χ4n) is 3.51. The summed E-state index contributed by atoms with van der Waals surface area (Å²) in [7, 11) is 0. The van der Waals surface area contributed by atoms with Crippen LogP contribution in [0.2, 0.25) is 0 Å². The number of esters is 1. The Balaban J connectivity index is 2.46. The first kappa shape index (κ1) is 23.4. The number of carbonyl (C=O) groups excluding carboxylic acids is 2. The molecular formula is C24H31NO5. The second-order valence-corrected chi connectivity index (χ2v) is 7.03. The van der Waals surface area contributed by atoms with E-state index in [9.17, 15) is 9.59 Å². The number of allylic oxidation sites excluding steroid dienone is 2. The molecule has 0 saturated heterocycles. The van der Waals surface area contributed by atoms with Gasteiger partial charge in [-0.15, -0.1) is 0 Å². The molecule has 0 bridgehead atoms. The molecule has 0 aliphatic heterocycles. The van der Waals surface area contributed by atoms with Gasteiger partial charge in [-0.3, -0.25) is 9.59 Å². The number of hydrogen-bond acceptors (Lipinski definition) is 6. The number of nitrogens with zero attached hydrogens (tertiary/aromatic N) is 1. The summed E-state index contributed by atoms with van der Waals surface area (Å²) in [5, 5.41) is 4.15. The largest absolute Gasteiger partial charge is 0.492 e. The van der Waals surface area contributed by atoms with Gasteiger partial charge in [-0.25, -0.2) is 0 Å². The van der Waals surface area contributed by atoms with Crippen LogP contribution in [0.1, 0.15) is 52.0 Å². The van der Waals surface area contributed by atoms with E-state index in [0.717, 1.165) is 5.56 Å². The lowest BCUT2D eigenvalue weighted by Gasteiger charge is -2.34. The van der Waals surface area contributed by atoms with Crippen molar-refractivity contribution in [1.29, 1.82) is 0 Å². The van der Waals surface area contributed by atoms with Crippen molar-refractivity contribution in [3.8, 4) is 0 Å². The van der Waals surface area contributed by atoms with Crippen LogP contribution < -0.4 is 0 Å². The third-order valence-electron chi connectivity index (χ3n) is 5.24. The van der Waals surface area contributed by atoms with Gasteiger partial charge in [0.2, 0.25) is 0 Å². The summed E-state index contributed by atoms with van der Waals surface area (Å²) in [6, 6.07) is 9.73. The third-order valence-corrected chi connectivity index (χ3v) is 5.24. The topological polar surface area (TPSA) is 74.2 Å². The maximum absolute atomic E-state index is 13.7. The monoisotopic (exact) mass is 413 g/mol. The van der Waals surface area contributed by atoms with Crippen molar-refractivity contribution in [3.05, 3.63) is 59.9 Å². The SMILES string of the molecule is C=CCO/N=C(/CC)C1=C(OCc2ccccc2)CCC(CC)(C(=O)OCC)C1=O. The smallest absolute Gasteiger partial charge is 0.320 e. The van der Waals surface area contributed by atoms with E-state index in [1.54, 1.807) is 13.0 Å². The highest BCUT2D eigenvalue weighted by molar-refractivity contribution is 6.28. The Labute approximate surface area is 178 Å². The van der Waals surface area contributed by atoms with Gasteiger partial charge in [0.1, 0.15) is 24.4 Å². The number of rotatable bonds is 11. The molecule has 6 nitrogen and oxygen atoms in total. The van der Waals surface area contributed by atoms with Crippen LogP contribution in [0.3, 0.4) is 0 Å². The molecule has 0 heterocycles. The molecule has 162 valence electrons. The van der Waals surface area contributed by atoms with Crippen LogP contribution in [0.5, 0.6) is 0 Å². The van der Waals surface area contributed by atoms with E-state index < -0.39 is 11.4 Å². The van der Waals surface area contributed by atoms with Crippen molar-refractivity contribution in [1.82, 2.24) is 0 Å². The van der Waals surface area contributed by atoms with Gasteiger partial charge in [-0.05, 0) is 31.7 Å². The molecule has 1 aromatic rings. The van der Waals surface area contributed by atoms with Gasteiger partial charge in [0.05, 0.1) is 17.9 Å². The van der Waals surface area contributed by atoms with Crippen LogP contribution in [0.25, 0.3) is 0 Å². The fourth-order valence-corrected chi connectivity index (χ4v) is 3.51. The fraction of sp³-hybridized carbons (Fsp3) is 0.458. The van der Waals surface area contributed by atoms with Crippen molar-refractivity contribution in [3.63, 3.8) is 0 Å². The number of Topliss-reactive ketones (excluding diaryl/α,β-unsaturated/α-hetero) is 1. The van der Waals surface area contributed by atoms with Gasteiger partial charge >= 0.3 is 5.97 Å². The molecule has 2 rings (SSSR count). The first-order chi connectivity index (χ1) is 14.5. The molecule has 0 N–H and O–H groups in total. The van der Waals surface area contributed by atoms with Crippen molar-refractivity contribution in [2.75, 3.05) is 13.2 Å². The summed E-state index contributed by atoms with van der Waals surface area (Å²) in [5.74, 6) is -0.250. The van der Waals surface area contributed by atoms with Crippen LogP contribution in [-0.4, -0.2) is 30.7 Å². The molecule has 0 spiro atoms. The highest BCUT2D eigenvalue weighted by Crippen LogP contribution is 2.41. The zero-order chi connectivity index (χ0) is 22.0. The highest BCUT2D eigenvalue weighted by Gasteiger charge is 2.51. The van der Waals surface area contributed by atoms with E-state index in [4.69, 9.17) is 14.3 Å². The van der Waals surface area contributed by atoms with E-state index in [1.165, 1.54) is 0 Å². The molecule has 1 unspecified atom stereocenters. The van der Waals surface area contributed by atoms with Crippen LogP contribution in [0.4, 0.5) is 0 Å². The second kappa shape index (κ2) is 11.3. The molecule has 6 heteroatoms. The molecule has 1 aliphatic carbocycles. The van der Waals surface area contributed by atoms with Gasteiger partial charge in [0.25, 0.3) is 0 Å². The van der Waals surface area contributed by atoms with Gasteiger partial charge in [-0.1, -0.05) is 62.0 Å². The summed E-state index contributed by atoms with van der Waals surface area (Å²) < 4.78 is 11.3. The molecule has 30 heavy (non-hydrogen) atoms. The summed E-state index contributed by atoms with van der Waals surface area (Å²) in [4.78, 5) is 31.7. The van der Waals surface area contributed by atoms with E-state index >= 15 is 0 Å². The van der Waals surface area contributed by atoms with Gasteiger partial charge in [0.15, 0.2) is 5.78 Å². The Kier molecular flexibility index (Phi) is 8.84.